The van der Waals surface area contributed by atoms with Crippen molar-refractivity contribution in [3.8, 4) is 0 Å². The minimum atomic E-state index is -0.442. The van der Waals surface area contributed by atoms with E-state index in [1.807, 2.05) is 12.1 Å². The molecule has 0 aliphatic heterocycles. The molecular formula is C19H30N4O2. The van der Waals surface area contributed by atoms with Crippen LogP contribution in [0.1, 0.15) is 51.9 Å². The van der Waals surface area contributed by atoms with E-state index in [1.54, 1.807) is 19.3 Å². The Kier molecular flexibility index (Phi) is 7.70. The van der Waals surface area contributed by atoms with Crippen LogP contribution in [0.3, 0.4) is 0 Å². The lowest BCUT2D eigenvalue weighted by Crippen LogP contribution is -2.48. The maximum Gasteiger partial charge on any atom is 0.222 e. The Morgan fingerprint density at radius 1 is 1.32 bits per heavy atom. The summed E-state index contributed by atoms with van der Waals surface area (Å²) in [7, 11) is 0. The van der Waals surface area contributed by atoms with Crippen molar-refractivity contribution < 1.29 is 9.59 Å². The molecule has 0 bridgehead atoms. The molecule has 2 amide bonds. The highest BCUT2D eigenvalue weighted by atomic mass is 16.2. The molecule has 138 valence electrons. The van der Waals surface area contributed by atoms with E-state index in [2.05, 4.69) is 15.6 Å². The molecule has 1 aliphatic carbocycles. The summed E-state index contributed by atoms with van der Waals surface area (Å²) < 4.78 is 0. The number of nitrogens with two attached hydrogens (primary N) is 1. The average molecular weight is 346 g/mol. The van der Waals surface area contributed by atoms with Crippen molar-refractivity contribution in [3.63, 3.8) is 0 Å². The highest BCUT2D eigenvalue weighted by Gasteiger charge is 2.24. The predicted octanol–water partition coefficient (Wildman–Crippen LogP) is 2.46. The summed E-state index contributed by atoms with van der Waals surface area (Å²) >= 11 is 0. The number of nitrogens with one attached hydrogen (secondary N) is 2. The number of aromatic nitrogens is 1. The van der Waals surface area contributed by atoms with Gasteiger partial charge in [0.2, 0.25) is 11.8 Å². The van der Waals surface area contributed by atoms with Gasteiger partial charge in [0.1, 0.15) is 0 Å². The summed E-state index contributed by atoms with van der Waals surface area (Å²) in [5, 5.41) is 6.19. The van der Waals surface area contributed by atoms with Gasteiger partial charge in [-0.3, -0.25) is 14.6 Å². The van der Waals surface area contributed by atoms with Crippen molar-refractivity contribution in [3.05, 3.63) is 24.5 Å². The van der Waals surface area contributed by atoms with Crippen LogP contribution in [0.15, 0.2) is 24.5 Å². The molecule has 6 nitrogen and oxygen atoms in total. The molecule has 1 saturated carbocycles. The number of carbonyl (C=O) groups is 2. The quantitative estimate of drug-likeness (QED) is 0.640. The summed E-state index contributed by atoms with van der Waals surface area (Å²) in [5.74, 6) is -0.190. The highest BCUT2D eigenvalue weighted by molar-refractivity contribution is 5.80. The fraction of sp³-hybridized carbons (Fsp3) is 0.632. The molecule has 0 spiro atoms. The molecule has 1 unspecified atom stereocenters. The Hall–Kier alpha value is -2.11. The van der Waals surface area contributed by atoms with Crippen LogP contribution in [0.4, 0.5) is 5.69 Å². The molecule has 2 atom stereocenters. The molecule has 0 saturated heterocycles. The lowest BCUT2D eigenvalue weighted by molar-refractivity contribution is -0.124. The maximum absolute atomic E-state index is 12.3. The van der Waals surface area contributed by atoms with E-state index in [9.17, 15) is 9.59 Å². The van der Waals surface area contributed by atoms with Gasteiger partial charge in [-0.25, -0.2) is 0 Å². The van der Waals surface area contributed by atoms with Crippen LogP contribution in [0.2, 0.25) is 0 Å². The summed E-state index contributed by atoms with van der Waals surface area (Å²) in [4.78, 5) is 27.9. The van der Waals surface area contributed by atoms with Gasteiger partial charge in [-0.15, -0.1) is 0 Å². The average Bonchev–Trinajstić information content (AvgIpc) is 2.64. The number of pyridine rings is 1. The predicted molar refractivity (Wildman–Crippen MR) is 98.8 cm³/mol. The van der Waals surface area contributed by atoms with Gasteiger partial charge in [-0.2, -0.15) is 0 Å². The second-order valence-corrected chi connectivity index (χ2v) is 7.03. The number of rotatable bonds is 9. The zero-order valence-corrected chi connectivity index (χ0v) is 15.0. The molecule has 0 aromatic carbocycles. The largest absolute Gasteiger partial charge is 0.382 e. The first-order valence-corrected chi connectivity index (χ1v) is 9.29. The second-order valence-electron chi connectivity index (χ2n) is 7.03. The van der Waals surface area contributed by atoms with E-state index in [0.717, 1.165) is 12.1 Å². The van der Waals surface area contributed by atoms with E-state index < -0.39 is 11.8 Å². The molecule has 1 heterocycles. The van der Waals surface area contributed by atoms with Crippen molar-refractivity contribution >= 4 is 17.5 Å². The molecule has 25 heavy (non-hydrogen) atoms. The molecule has 1 aliphatic rings. The third kappa shape index (κ3) is 6.72. The van der Waals surface area contributed by atoms with E-state index in [1.165, 1.54) is 32.1 Å². The third-order valence-corrected chi connectivity index (χ3v) is 5.09. The Balaban J connectivity index is 1.83. The van der Waals surface area contributed by atoms with Crippen molar-refractivity contribution in [2.24, 2.45) is 17.6 Å². The van der Waals surface area contributed by atoms with Crippen LogP contribution in [-0.2, 0) is 9.59 Å². The van der Waals surface area contributed by atoms with Gasteiger partial charge in [0, 0.05) is 25.4 Å². The van der Waals surface area contributed by atoms with Crippen LogP contribution in [0, 0.1) is 11.8 Å². The van der Waals surface area contributed by atoms with E-state index in [0.29, 0.717) is 18.9 Å². The van der Waals surface area contributed by atoms with Gasteiger partial charge in [-0.05, 0) is 24.5 Å². The number of hydrogen-bond donors (Lipinski definition) is 3. The fourth-order valence-corrected chi connectivity index (χ4v) is 3.34. The molecule has 0 radical (unpaired) electrons. The van der Waals surface area contributed by atoms with Crippen LogP contribution in [0.5, 0.6) is 0 Å². The normalized spacial score (nSPS) is 17.5. The molecule has 6 heteroatoms. The molecule has 1 aromatic heterocycles. The van der Waals surface area contributed by atoms with Gasteiger partial charge in [0.05, 0.1) is 17.6 Å². The van der Waals surface area contributed by atoms with Crippen molar-refractivity contribution in [2.45, 2.75) is 57.9 Å². The molecule has 1 fully saturated rings. The lowest BCUT2D eigenvalue weighted by Gasteiger charge is -2.25. The van der Waals surface area contributed by atoms with Crippen molar-refractivity contribution in [2.75, 3.05) is 11.9 Å². The first-order valence-electron chi connectivity index (χ1n) is 9.29. The first kappa shape index (κ1) is 19.2. The van der Waals surface area contributed by atoms with E-state index in [-0.39, 0.29) is 11.9 Å². The summed E-state index contributed by atoms with van der Waals surface area (Å²) in [6.45, 7) is 2.18. The zero-order chi connectivity index (χ0) is 18.1. The summed E-state index contributed by atoms with van der Waals surface area (Å²) in [6.07, 6.45) is 11.2. The monoisotopic (exact) mass is 346 g/mol. The maximum atomic E-state index is 12.3. The Morgan fingerprint density at radius 2 is 2.08 bits per heavy atom. The highest BCUT2D eigenvalue weighted by Crippen LogP contribution is 2.27. The number of nitrogens with zero attached hydrogens (tertiary/aromatic N) is 1. The fourth-order valence-electron chi connectivity index (χ4n) is 3.34. The number of carbonyl (C=O) groups excluding carboxylic acids is 2. The molecule has 4 N–H and O–H groups in total. The van der Waals surface area contributed by atoms with Gasteiger partial charge in [0.25, 0.3) is 0 Å². The number of amides is 2. The number of anilines is 1. The Morgan fingerprint density at radius 3 is 2.72 bits per heavy atom. The Labute approximate surface area is 150 Å². The number of hydrogen-bond acceptors (Lipinski definition) is 4. The standard InChI is InChI=1S/C19H30N4O2/c1-14(19(20)25)17(13-22-16-8-5-11-21-12-16)23-18(24)10-9-15-6-3-2-4-7-15/h5,8,11-12,14-15,17,22H,2-4,6-7,9-10,13H2,1H3,(H2,20,25)(H,23,24)/t14?,17-/m1/s1. The smallest absolute Gasteiger partial charge is 0.222 e. The van der Waals surface area contributed by atoms with Crippen molar-refractivity contribution in [1.29, 1.82) is 0 Å². The minimum Gasteiger partial charge on any atom is -0.382 e. The Bertz CT molecular complexity index is 544. The lowest BCUT2D eigenvalue weighted by atomic mass is 9.86. The van der Waals surface area contributed by atoms with Gasteiger partial charge >= 0.3 is 0 Å². The zero-order valence-electron chi connectivity index (χ0n) is 15.0. The minimum absolute atomic E-state index is 0.00309. The van der Waals surface area contributed by atoms with Crippen LogP contribution in [0.25, 0.3) is 0 Å². The van der Waals surface area contributed by atoms with E-state index in [4.69, 9.17) is 5.73 Å². The van der Waals surface area contributed by atoms with Crippen molar-refractivity contribution in [1.82, 2.24) is 10.3 Å². The molecular weight excluding hydrogens is 316 g/mol. The first-order chi connectivity index (χ1) is 12.1. The molecule has 1 aromatic rings. The molecule has 2 rings (SSSR count). The second kappa shape index (κ2) is 10.0. The van der Waals surface area contributed by atoms with Crippen LogP contribution >= 0.6 is 0 Å². The summed E-state index contributed by atoms with van der Waals surface area (Å²) in [6, 6.07) is 3.39. The summed E-state index contributed by atoms with van der Waals surface area (Å²) in [5.41, 5.74) is 6.29. The number of primary amides is 1. The SMILES string of the molecule is CC(C(N)=O)[C@@H](CNc1cccnc1)NC(=O)CCC1CCCCC1. The van der Waals surface area contributed by atoms with Gasteiger partial charge in [-0.1, -0.05) is 39.0 Å². The van der Waals surface area contributed by atoms with Crippen LogP contribution in [-0.4, -0.2) is 29.4 Å². The van der Waals surface area contributed by atoms with Gasteiger partial charge < -0.3 is 16.4 Å². The van der Waals surface area contributed by atoms with Gasteiger partial charge in [0.15, 0.2) is 0 Å². The van der Waals surface area contributed by atoms with E-state index >= 15 is 0 Å². The van der Waals surface area contributed by atoms with Crippen LogP contribution < -0.4 is 16.4 Å². The topological polar surface area (TPSA) is 97.1 Å². The third-order valence-electron chi connectivity index (χ3n) is 5.09.